The second-order valence-electron chi connectivity index (χ2n) is 8.39. The predicted molar refractivity (Wildman–Crippen MR) is 95.2 cm³/mol. The van der Waals surface area contributed by atoms with Crippen LogP contribution in [0.1, 0.15) is 68.9 Å². The van der Waals surface area contributed by atoms with Gasteiger partial charge >= 0.3 is 0 Å². The lowest BCUT2D eigenvalue weighted by molar-refractivity contribution is -0.119. The SMILES string of the molecule is CC[C@]12CC[C@@H]3c4cc(OC)[c]cc4CC[C@H]3[C@@H]1CCCC2C(F)F. The Kier molecular flexibility index (Phi) is 4.54. The van der Waals surface area contributed by atoms with Gasteiger partial charge in [0.2, 0.25) is 6.43 Å². The van der Waals surface area contributed by atoms with Gasteiger partial charge in [-0.3, -0.25) is 0 Å². The third-order valence-electron chi connectivity index (χ3n) is 7.84. The third kappa shape index (κ3) is 2.61. The summed E-state index contributed by atoms with van der Waals surface area (Å²) in [5.41, 5.74) is 2.68. The summed E-state index contributed by atoms with van der Waals surface area (Å²) in [6.45, 7) is 2.16. The molecule has 0 aliphatic heterocycles. The minimum absolute atomic E-state index is 0.129. The molecule has 2 fully saturated rings. The van der Waals surface area contributed by atoms with Gasteiger partial charge in [-0.15, -0.1) is 0 Å². The summed E-state index contributed by atoms with van der Waals surface area (Å²) >= 11 is 0. The molecule has 137 valence electrons. The van der Waals surface area contributed by atoms with Gasteiger partial charge in [-0.1, -0.05) is 13.3 Å². The molecule has 4 rings (SSSR count). The molecule has 1 aromatic rings. The largest absolute Gasteiger partial charge is 0.496 e. The molecule has 1 unspecified atom stereocenters. The van der Waals surface area contributed by atoms with Crippen LogP contribution in [0.25, 0.3) is 0 Å². The number of alkyl halides is 2. The highest BCUT2D eigenvalue weighted by molar-refractivity contribution is 5.40. The van der Waals surface area contributed by atoms with Crippen molar-refractivity contribution in [3.8, 4) is 5.75 Å². The normalized spacial score (nSPS) is 37.2. The van der Waals surface area contributed by atoms with E-state index in [4.69, 9.17) is 4.74 Å². The Hall–Kier alpha value is -1.12. The van der Waals surface area contributed by atoms with Gasteiger partial charge in [-0.2, -0.15) is 0 Å². The molecule has 3 aliphatic rings. The Bertz CT molecular complexity index is 628. The molecule has 25 heavy (non-hydrogen) atoms. The van der Waals surface area contributed by atoms with Crippen molar-refractivity contribution >= 4 is 0 Å². The fourth-order valence-corrected chi connectivity index (χ4v) is 6.72. The van der Waals surface area contributed by atoms with Crippen LogP contribution in [-0.2, 0) is 6.42 Å². The first-order valence-electron chi connectivity index (χ1n) is 9.97. The van der Waals surface area contributed by atoms with Crippen molar-refractivity contribution < 1.29 is 13.5 Å². The zero-order valence-corrected chi connectivity index (χ0v) is 15.4. The summed E-state index contributed by atoms with van der Waals surface area (Å²) in [7, 11) is 1.69. The summed E-state index contributed by atoms with van der Waals surface area (Å²) in [6, 6.07) is 7.47. The van der Waals surface area contributed by atoms with E-state index >= 15 is 0 Å². The van der Waals surface area contributed by atoms with Gasteiger partial charge in [-0.05, 0) is 91.4 Å². The molecule has 1 aromatic carbocycles. The quantitative estimate of drug-likeness (QED) is 0.650. The summed E-state index contributed by atoms with van der Waals surface area (Å²) in [5, 5.41) is 0. The summed E-state index contributed by atoms with van der Waals surface area (Å²) < 4.78 is 33.1. The molecule has 0 bridgehead atoms. The average Bonchev–Trinajstić information content (AvgIpc) is 2.65. The maximum absolute atomic E-state index is 13.9. The van der Waals surface area contributed by atoms with Gasteiger partial charge in [0, 0.05) is 12.0 Å². The van der Waals surface area contributed by atoms with E-state index in [9.17, 15) is 8.78 Å². The number of aryl methyl sites for hydroxylation is 1. The number of benzene rings is 1. The Morgan fingerprint density at radius 3 is 2.84 bits per heavy atom. The van der Waals surface area contributed by atoms with Crippen molar-refractivity contribution in [2.24, 2.45) is 23.2 Å². The number of fused-ring (bicyclic) bond motifs is 5. The Balaban J connectivity index is 1.70. The Labute approximate surface area is 150 Å². The average molecular weight is 347 g/mol. The zero-order valence-electron chi connectivity index (χ0n) is 15.4. The molecule has 5 atom stereocenters. The van der Waals surface area contributed by atoms with Crippen LogP contribution in [0.4, 0.5) is 8.78 Å². The van der Waals surface area contributed by atoms with E-state index in [0.29, 0.717) is 17.8 Å². The number of hydrogen-bond acceptors (Lipinski definition) is 1. The molecule has 0 aromatic heterocycles. The highest BCUT2D eigenvalue weighted by Gasteiger charge is 2.56. The standard InChI is InChI=1S/C22H29F2O/c1-3-22-12-11-16-17(19(22)5-4-6-20(22)21(23)24)10-8-14-7-9-15(25-2)13-18(14)16/h7,13,16-17,19-21H,3-6,8,10-12H2,1-2H3/t16-,17+,19-,20?,22-/m0/s1. The second kappa shape index (κ2) is 6.55. The smallest absolute Gasteiger partial charge is 0.241 e. The summed E-state index contributed by atoms with van der Waals surface area (Å²) in [4.78, 5) is 0. The first-order valence-corrected chi connectivity index (χ1v) is 9.97. The molecule has 1 nitrogen and oxygen atoms in total. The lowest BCUT2D eigenvalue weighted by Crippen LogP contribution is -2.51. The first-order chi connectivity index (χ1) is 12.1. The molecular formula is C22H29F2O. The van der Waals surface area contributed by atoms with Crippen LogP contribution < -0.4 is 4.74 Å². The molecule has 3 heteroatoms. The number of methoxy groups -OCH3 is 1. The fraction of sp³-hybridized carbons (Fsp3) is 0.727. The Morgan fingerprint density at radius 2 is 2.12 bits per heavy atom. The lowest BCUT2D eigenvalue weighted by Gasteiger charge is -2.58. The van der Waals surface area contributed by atoms with Crippen molar-refractivity contribution in [2.75, 3.05) is 7.11 Å². The van der Waals surface area contributed by atoms with Gasteiger partial charge in [0.1, 0.15) is 5.75 Å². The second-order valence-corrected chi connectivity index (χ2v) is 8.39. The third-order valence-corrected chi connectivity index (χ3v) is 7.84. The zero-order chi connectivity index (χ0) is 17.6. The van der Waals surface area contributed by atoms with Crippen molar-refractivity contribution in [1.29, 1.82) is 0 Å². The summed E-state index contributed by atoms with van der Waals surface area (Å²) in [6.07, 6.45) is 5.82. The predicted octanol–water partition coefficient (Wildman–Crippen LogP) is 6.01. The monoisotopic (exact) mass is 347 g/mol. The molecule has 0 amide bonds. The van der Waals surface area contributed by atoms with Crippen LogP contribution in [0.5, 0.6) is 5.75 Å². The number of halogens is 2. The Morgan fingerprint density at radius 1 is 1.28 bits per heavy atom. The minimum Gasteiger partial charge on any atom is -0.496 e. The summed E-state index contributed by atoms with van der Waals surface area (Å²) in [5.74, 6) is 1.97. The van der Waals surface area contributed by atoms with Crippen molar-refractivity contribution in [2.45, 2.75) is 70.6 Å². The van der Waals surface area contributed by atoms with E-state index in [2.05, 4.69) is 25.1 Å². The van der Waals surface area contributed by atoms with Crippen molar-refractivity contribution in [1.82, 2.24) is 0 Å². The van der Waals surface area contributed by atoms with Crippen LogP contribution in [0.3, 0.4) is 0 Å². The molecule has 0 saturated heterocycles. The molecule has 2 saturated carbocycles. The lowest BCUT2D eigenvalue weighted by atomic mass is 9.46. The highest BCUT2D eigenvalue weighted by Crippen LogP contribution is 2.63. The molecule has 0 heterocycles. The molecule has 0 spiro atoms. The minimum atomic E-state index is -2.16. The first kappa shape index (κ1) is 17.3. The van der Waals surface area contributed by atoms with E-state index in [-0.39, 0.29) is 5.41 Å². The van der Waals surface area contributed by atoms with Gasteiger partial charge in [0.25, 0.3) is 0 Å². The van der Waals surface area contributed by atoms with E-state index in [0.717, 1.165) is 57.1 Å². The van der Waals surface area contributed by atoms with Crippen LogP contribution in [-0.4, -0.2) is 13.5 Å². The number of ether oxygens (including phenoxy) is 1. The topological polar surface area (TPSA) is 9.23 Å². The van der Waals surface area contributed by atoms with E-state index in [1.807, 2.05) is 0 Å². The van der Waals surface area contributed by atoms with Crippen LogP contribution in [0, 0.1) is 29.2 Å². The van der Waals surface area contributed by atoms with Gasteiger partial charge in [0.15, 0.2) is 0 Å². The van der Waals surface area contributed by atoms with E-state index in [1.54, 1.807) is 7.11 Å². The van der Waals surface area contributed by atoms with E-state index in [1.165, 1.54) is 11.1 Å². The van der Waals surface area contributed by atoms with Crippen molar-refractivity contribution in [3.05, 3.63) is 29.3 Å². The van der Waals surface area contributed by atoms with Gasteiger partial charge < -0.3 is 4.74 Å². The maximum atomic E-state index is 13.9. The number of hydrogen-bond donors (Lipinski definition) is 0. The fourth-order valence-electron chi connectivity index (χ4n) is 6.72. The van der Waals surface area contributed by atoms with Gasteiger partial charge in [-0.25, -0.2) is 8.78 Å². The number of rotatable bonds is 3. The van der Waals surface area contributed by atoms with Gasteiger partial charge in [0.05, 0.1) is 7.11 Å². The highest BCUT2D eigenvalue weighted by atomic mass is 19.3. The van der Waals surface area contributed by atoms with Crippen LogP contribution >= 0.6 is 0 Å². The van der Waals surface area contributed by atoms with Crippen LogP contribution in [0.2, 0.25) is 0 Å². The van der Waals surface area contributed by atoms with Crippen LogP contribution in [0.15, 0.2) is 12.1 Å². The molecular weight excluding hydrogens is 318 g/mol. The van der Waals surface area contributed by atoms with E-state index < -0.39 is 12.3 Å². The molecule has 1 radical (unpaired) electrons. The van der Waals surface area contributed by atoms with Crippen molar-refractivity contribution in [3.63, 3.8) is 0 Å². The molecule has 3 aliphatic carbocycles. The molecule has 0 N–H and O–H groups in total. The maximum Gasteiger partial charge on any atom is 0.241 e.